The largest absolute Gasteiger partial charge is 0.511 e. The van der Waals surface area contributed by atoms with Crippen LogP contribution >= 0.6 is 0 Å². The lowest BCUT2D eigenvalue weighted by Gasteiger charge is -2.32. The van der Waals surface area contributed by atoms with E-state index >= 15 is 0 Å². The van der Waals surface area contributed by atoms with Crippen molar-refractivity contribution < 1.29 is 19.4 Å². The van der Waals surface area contributed by atoms with E-state index in [9.17, 15) is 9.90 Å². The van der Waals surface area contributed by atoms with Crippen molar-refractivity contribution in [1.29, 1.82) is 0 Å². The van der Waals surface area contributed by atoms with Gasteiger partial charge in [-0.1, -0.05) is 36.8 Å². The standard InChI is InChI=1S/C23H25NO4/c1-27-21-14-11-17-18(24-21)12-13-19(25)22(17)23(26)28-20-10-6-5-9-16(20)15-7-3-2-4-8-15/h2-4,7-8,11,14,16,20,25H,5-6,9-10,12-13H2,1H3/t16-,20+/m0/s1. The van der Waals surface area contributed by atoms with Gasteiger partial charge in [0.15, 0.2) is 0 Å². The molecule has 1 aromatic heterocycles. The quantitative estimate of drug-likeness (QED) is 0.788. The van der Waals surface area contributed by atoms with Crippen LogP contribution in [0.3, 0.4) is 0 Å². The third kappa shape index (κ3) is 3.61. The SMILES string of the molecule is COc1ccc2c(n1)CCC(O)=C2C(=O)O[C@@H]1CCCC[C@H]1c1ccccc1. The van der Waals surface area contributed by atoms with Gasteiger partial charge < -0.3 is 14.6 Å². The number of nitrogens with zero attached hydrogens (tertiary/aromatic N) is 1. The van der Waals surface area contributed by atoms with E-state index in [1.54, 1.807) is 19.2 Å². The molecule has 5 heteroatoms. The molecule has 5 nitrogen and oxygen atoms in total. The minimum Gasteiger partial charge on any atom is -0.511 e. The highest BCUT2D eigenvalue weighted by Gasteiger charge is 2.33. The zero-order valence-electron chi connectivity index (χ0n) is 16.1. The molecule has 146 valence electrons. The smallest absolute Gasteiger partial charge is 0.342 e. The van der Waals surface area contributed by atoms with Crippen LogP contribution in [0, 0.1) is 0 Å². The van der Waals surface area contributed by atoms with E-state index in [1.807, 2.05) is 18.2 Å². The number of hydrogen-bond donors (Lipinski definition) is 1. The van der Waals surface area contributed by atoms with Gasteiger partial charge in [-0.2, -0.15) is 0 Å². The molecule has 2 aromatic rings. The van der Waals surface area contributed by atoms with Crippen molar-refractivity contribution in [2.45, 2.75) is 50.5 Å². The number of aliphatic hydroxyl groups excluding tert-OH is 1. The Bertz CT molecular complexity index is 891. The molecule has 2 atom stereocenters. The predicted octanol–water partition coefficient (Wildman–Crippen LogP) is 4.58. The van der Waals surface area contributed by atoms with Gasteiger partial charge in [0.1, 0.15) is 17.4 Å². The second-order valence-electron chi connectivity index (χ2n) is 7.41. The summed E-state index contributed by atoms with van der Waals surface area (Å²) in [6.45, 7) is 0. The Morgan fingerprint density at radius 1 is 1.07 bits per heavy atom. The first-order chi connectivity index (χ1) is 13.7. The van der Waals surface area contributed by atoms with Gasteiger partial charge in [0.05, 0.1) is 12.8 Å². The number of methoxy groups -OCH3 is 1. The van der Waals surface area contributed by atoms with Crippen molar-refractivity contribution in [1.82, 2.24) is 4.98 Å². The summed E-state index contributed by atoms with van der Waals surface area (Å²) in [5.74, 6) is 0.317. The van der Waals surface area contributed by atoms with Crippen LogP contribution in [-0.2, 0) is 16.0 Å². The Kier molecular flexibility index (Phi) is 5.33. The van der Waals surface area contributed by atoms with E-state index in [2.05, 4.69) is 17.1 Å². The lowest BCUT2D eigenvalue weighted by Crippen LogP contribution is -2.30. The molecule has 0 radical (unpaired) electrons. The number of pyridine rings is 1. The van der Waals surface area contributed by atoms with Crippen molar-refractivity contribution in [3.63, 3.8) is 0 Å². The summed E-state index contributed by atoms with van der Waals surface area (Å²) in [6.07, 6.45) is 4.79. The summed E-state index contributed by atoms with van der Waals surface area (Å²) >= 11 is 0. The minimum atomic E-state index is -0.460. The second kappa shape index (κ2) is 8.05. The number of rotatable bonds is 4. The third-order valence-electron chi connectivity index (χ3n) is 5.71. The van der Waals surface area contributed by atoms with Crippen LogP contribution in [0.2, 0.25) is 0 Å². The number of aliphatic hydroxyl groups is 1. The molecule has 28 heavy (non-hydrogen) atoms. The van der Waals surface area contributed by atoms with E-state index in [1.165, 1.54) is 5.56 Å². The average molecular weight is 379 g/mol. The van der Waals surface area contributed by atoms with E-state index in [-0.39, 0.29) is 23.4 Å². The maximum absolute atomic E-state index is 13.1. The van der Waals surface area contributed by atoms with Crippen molar-refractivity contribution in [2.24, 2.45) is 0 Å². The molecule has 1 heterocycles. The number of esters is 1. The van der Waals surface area contributed by atoms with Crippen LogP contribution in [0.25, 0.3) is 5.57 Å². The molecule has 2 aliphatic rings. The van der Waals surface area contributed by atoms with Gasteiger partial charge in [-0.3, -0.25) is 0 Å². The van der Waals surface area contributed by atoms with Crippen molar-refractivity contribution in [3.8, 4) is 5.88 Å². The summed E-state index contributed by atoms with van der Waals surface area (Å²) < 4.78 is 11.1. The Labute approximate surface area is 165 Å². The van der Waals surface area contributed by atoms with Crippen LogP contribution in [0.4, 0.5) is 0 Å². The number of carbonyl (C=O) groups excluding carboxylic acids is 1. The van der Waals surface area contributed by atoms with Crippen LogP contribution in [0.1, 0.15) is 54.8 Å². The van der Waals surface area contributed by atoms with Gasteiger partial charge in [-0.15, -0.1) is 0 Å². The molecule has 1 aromatic carbocycles. The number of allylic oxidation sites excluding steroid dienone is 1. The molecule has 1 fully saturated rings. The minimum absolute atomic E-state index is 0.0801. The number of carbonyl (C=O) groups is 1. The zero-order valence-corrected chi connectivity index (χ0v) is 16.1. The first kappa shape index (κ1) is 18.5. The van der Waals surface area contributed by atoms with Crippen LogP contribution in [0.15, 0.2) is 48.2 Å². The topological polar surface area (TPSA) is 68.7 Å². The monoisotopic (exact) mass is 379 g/mol. The van der Waals surface area contributed by atoms with E-state index in [0.29, 0.717) is 24.3 Å². The number of aryl methyl sites for hydroxylation is 1. The van der Waals surface area contributed by atoms with Gasteiger partial charge in [-0.05, 0) is 37.3 Å². The summed E-state index contributed by atoms with van der Waals surface area (Å²) in [4.78, 5) is 17.5. The summed E-state index contributed by atoms with van der Waals surface area (Å²) in [5, 5.41) is 10.4. The molecule has 1 N–H and O–H groups in total. The molecule has 0 bridgehead atoms. The first-order valence-electron chi connectivity index (χ1n) is 9.89. The Balaban J connectivity index is 1.59. The number of benzene rings is 1. The molecule has 4 rings (SSSR count). The Morgan fingerprint density at radius 2 is 1.86 bits per heavy atom. The molecule has 0 aliphatic heterocycles. The van der Waals surface area contributed by atoms with Crippen molar-refractivity contribution in [2.75, 3.05) is 7.11 Å². The van der Waals surface area contributed by atoms with E-state index < -0.39 is 5.97 Å². The number of ether oxygens (including phenoxy) is 2. The van der Waals surface area contributed by atoms with Crippen molar-refractivity contribution in [3.05, 3.63) is 65.0 Å². The Hall–Kier alpha value is -2.82. The van der Waals surface area contributed by atoms with Crippen LogP contribution < -0.4 is 4.74 Å². The summed E-state index contributed by atoms with van der Waals surface area (Å²) in [7, 11) is 1.56. The number of fused-ring (bicyclic) bond motifs is 1. The van der Waals surface area contributed by atoms with Crippen LogP contribution in [0.5, 0.6) is 5.88 Å². The fourth-order valence-corrected chi connectivity index (χ4v) is 4.27. The zero-order chi connectivity index (χ0) is 19.5. The molecule has 0 spiro atoms. The van der Waals surface area contributed by atoms with Crippen molar-refractivity contribution >= 4 is 11.5 Å². The summed E-state index contributed by atoms with van der Waals surface area (Å²) in [5.41, 5.74) is 2.84. The maximum atomic E-state index is 13.1. The fourth-order valence-electron chi connectivity index (χ4n) is 4.27. The molecular formula is C23H25NO4. The Morgan fingerprint density at radius 3 is 2.64 bits per heavy atom. The fraction of sp³-hybridized carbons (Fsp3) is 0.391. The molecular weight excluding hydrogens is 354 g/mol. The predicted molar refractivity (Wildman–Crippen MR) is 106 cm³/mol. The number of aromatic nitrogens is 1. The molecule has 0 saturated heterocycles. The first-order valence-corrected chi connectivity index (χ1v) is 9.89. The highest BCUT2D eigenvalue weighted by molar-refractivity contribution is 6.17. The highest BCUT2D eigenvalue weighted by Crippen LogP contribution is 2.37. The maximum Gasteiger partial charge on any atom is 0.342 e. The van der Waals surface area contributed by atoms with Crippen LogP contribution in [-0.4, -0.2) is 29.3 Å². The molecule has 2 aliphatic carbocycles. The molecule has 0 amide bonds. The second-order valence-corrected chi connectivity index (χ2v) is 7.41. The van der Waals surface area contributed by atoms with E-state index in [4.69, 9.17) is 9.47 Å². The van der Waals surface area contributed by atoms with Gasteiger partial charge in [0.2, 0.25) is 5.88 Å². The van der Waals surface area contributed by atoms with Gasteiger partial charge in [0.25, 0.3) is 0 Å². The van der Waals surface area contributed by atoms with E-state index in [0.717, 1.165) is 31.4 Å². The summed E-state index contributed by atoms with van der Waals surface area (Å²) in [6, 6.07) is 13.7. The molecule has 0 unspecified atom stereocenters. The number of hydrogen-bond acceptors (Lipinski definition) is 5. The average Bonchev–Trinajstić information content (AvgIpc) is 2.74. The lowest BCUT2D eigenvalue weighted by atomic mass is 9.81. The lowest BCUT2D eigenvalue weighted by molar-refractivity contribution is -0.144. The molecule has 1 saturated carbocycles. The van der Waals surface area contributed by atoms with Gasteiger partial charge >= 0.3 is 5.97 Å². The normalized spacial score (nSPS) is 21.8. The van der Waals surface area contributed by atoms with Gasteiger partial charge in [0, 0.05) is 24.0 Å². The van der Waals surface area contributed by atoms with Gasteiger partial charge in [-0.25, -0.2) is 9.78 Å². The third-order valence-corrected chi connectivity index (χ3v) is 5.71. The highest BCUT2D eigenvalue weighted by atomic mass is 16.5.